The minimum atomic E-state index is -0.783. The molecule has 1 unspecified atom stereocenters. The van der Waals surface area contributed by atoms with Gasteiger partial charge < -0.3 is 14.2 Å². The van der Waals surface area contributed by atoms with Crippen LogP contribution >= 0.6 is 0 Å². The van der Waals surface area contributed by atoms with Gasteiger partial charge in [-0.2, -0.15) is 0 Å². The summed E-state index contributed by atoms with van der Waals surface area (Å²) < 4.78 is 16.9. The number of allylic oxidation sites excluding steroid dienone is 16. The Kier molecular flexibility index (Phi) is 66.7. The lowest BCUT2D eigenvalue weighted by Gasteiger charge is -2.18. The van der Waals surface area contributed by atoms with E-state index in [1.54, 1.807) is 0 Å². The predicted molar refractivity (Wildman–Crippen MR) is 357 cm³/mol. The Balaban J connectivity index is 4.18. The van der Waals surface area contributed by atoms with Crippen LogP contribution in [0.15, 0.2) is 97.2 Å². The number of hydrogen-bond acceptors (Lipinski definition) is 6. The molecule has 0 rings (SSSR count). The summed E-state index contributed by atoms with van der Waals surface area (Å²) in [6.07, 6.45) is 94.5. The first-order valence-electron chi connectivity index (χ1n) is 35.2. The molecule has 0 radical (unpaired) electrons. The number of rotatable bonds is 64. The highest BCUT2D eigenvalue weighted by Crippen LogP contribution is 2.17. The molecule has 0 bridgehead atoms. The molecule has 0 aromatic carbocycles. The maximum Gasteiger partial charge on any atom is 0.306 e. The highest BCUT2D eigenvalue weighted by Gasteiger charge is 2.19. The zero-order chi connectivity index (χ0) is 59.2. The minimum Gasteiger partial charge on any atom is -0.462 e. The van der Waals surface area contributed by atoms with Gasteiger partial charge in [0.2, 0.25) is 0 Å². The van der Waals surface area contributed by atoms with E-state index in [-0.39, 0.29) is 31.1 Å². The number of unbranched alkanes of at least 4 members (excludes halogenated alkanes) is 37. The number of esters is 3. The Bertz CT molecular complexity index is 1590. The van der Waals surface area contributed by atoms with Gasteiger partial charge in [0.05, 0.1) is 0 Å². The fraction of sp³-hybridized carbons (Fsp3) is 0.750. The highest BCUT2D eigenvalue weighted by atomic mass is 16.6. The second-order valence-electron chi connectivity index (χ2n) is 23.4. The van der Waals surface area contributed by atoms with Crippen molar-refractivity contribution in [1.82, 2.24) is 0 Å². The van der Waals surface area contributed by atoms with Crippen molar-refractivity contribution in [2.45, 2.75) is 354 Å². The normalized spacial score (nSPS) is 12.7. The molecule has 0 N–H and O–H groups in total. The Labute approximate surface area is 508 Å². The fourth-order valence-corrected chi connectivity index (χ4v) is 10.0. The van der Waals surface area contributed by atoms with Crippen LogP contribution in [-0.4, -0.2) is 37.2 Å². The average Bonchev–Trinajstić information content (AvgIpc) is 3.47. The Morgan fingerprint density at radius 2 is 0.500 bits per heavy atom. The molecule has 0 saturated carbocycles. The number of carbonyl (C=O) groups is 3. The van der Waals surface area contributed by atoms with Crippen LogP contribution in [-0.2, 0) is 28.6 Å². The summed E-state index contributed by atoms with van der Waals surface area (Å²) in [6, 6.07) is 0. The third kappa shape index (κ3) is 67.1. The van der Waals surface area contributed by atoms with E-state index in [2.05, 4.69) is 118 Å². The van der Waals surface area contributed by atoms with Crippen molar-refractivity contribution in [3.8, 4) is 0 Å². The van der Waals surface area contributed by atoms with Gasteiger partial charge in [0.15, 0.2) is 6.10 Å². The zero-order valence-electron chi connectivity index (χ0n) is 54.2. The summed E-state index contributed by atoms with van der Waals surface area (Å²) in [6.45, 7) is 6.48. The fourth-order valence-electron chi connectivity index (χ4n) is 10.0. The number of hydrogen-bond donors (Lipinski definition) is 0. The van der Waals surface area contributed by atoms with Crippen molar-refractivity contribution < 1.29 is 28.6 Å². The summed E-state index contributed by atoms with van der Waals surface area (Å²) in [4.78, 5) is 38.3. The van der Waals surface area contributed by atoms with E-state index in [1.807, 2.05) is 0 Å². The van der Waals surface area contributed by atoms with Crippen LogP contribution in [0, 0.1) is 0 Å². The van der Waals surface area contributed by atoms with E-state index >= 15 is 0 Å². The van der Waals surface area contributed by atoms with Gasteiger partial charge in [-0.05, 0) is 116 Å². The molecule has 0 aliphatic heterocycles. The van der Waals surface area contributed by atoms with E-state index in [9.17, 15) is 14.4 Å². The second-order valence-corrected chi connectivity index (χ2v) is 23.4. The van der Waals surface area contributed by atoms with E-state index in [1.165, 1.54) is 199 Å². The molecule has 0 aliphatic carbocycles. The maximum absolute atomic E-state index is 12.9. The summed E-state index contributed by atoms with van der Waals surface area (Å²) >= 11 is 0. The largest absolute Gasteiger partial charge is 0.462 e. The molecule has 0 fully saturated rings. The van der Waals surface area contributed by atoms with Gasteiger partial charge in [0.1, 0.15) is 13.2 Å². The van der Waals surface area contributed by atoms with Gasteiger partial charge in [-0.3, -0.25) is 14.4 Å². The van der Waals surface area contributed by atoms with Gasteiger partial charge >= 0.3 is 17.9 Å². The molecule has 0 aliphatic rings. The molecule has 0 spiro atoms. The molecule has 1 atom stereocenters. The van der Waals surface area contributed by atoms with E-state index < -0.39 is 6.10 Å². The minimum absolute atomic E-state index is 0.0789. The van der Waals surface area contributed by atoms with Crippen LogP contribution in [0.1, 0.15) is 348 Å². The Morgan fingerprint density at radius 3 is 0.805 bits per heavy atom. The first-order chi connectivity index (χ1) is 40.5. The van der Waals surface area contributed by atoms with Gasteiger partial charge in [0, 0.05) is 19.3 Å². The zero-order valence-corrected chi connectivity index (χ0v) is 54.2. The second kappa shape index (κ2) is 69.8. The molecule has 0 aromatic heterocycles. The third-order valence-electron chi connectivity index (χ3n) is 15.3. The van der Waals surface area contributed by atoms with E-state index in [4.69, 9.17) is 14.2 Å². The Hall–Kier alpha value is -3.67. The molecular weight excluding hydrogens is 1010 g/mol. The van der Waals surface area contributed by atoms with Crippen LogP contribution in [0.2, 0.25) is 0 Å². The van der Waals surface area contributed by atoms with Crippen molar-refractivity contribution in [2.75, 3.05) is 13.2 Å². The summed E-state index contributed by atoms with van der Waals surface area (Å²) in [5.41, 5.74) is 0. The smallest absolute Gasteiger partial charge is 0.306 e. The monoisotopic (exact) mass is 1140 g/mol. The quantitative estimate of drug-likeness (QED) is 0.0261. The number of ether oxygens (including phenoxy) is 3. The summed E-state index contributed by atoms with van der Waals surface area (Å²) in [7, 11) is 0. The van der Waals surface area contributed by atoms with Crippen molar-refractivity contribution in [3.63, 3.8) is 0 Å². The van der Waals surface area contributed by atoms with E-state index in [0.29, 0.717) is 19.3 Å². The van der Waals surface area contributed by atoms with Crippen molar-refractivity contribution in [3.05, 3.63) is 97.2 Å². The van der Waals surface area contributed by atoms with Gasteiger partial charge in [-0.1, -0.05) is 311 Å². The van der Waals surface area contributed by atoms with Crippen LogP contribution in [0.3, 0.4) is 0 Å². The molecule has 472 valence electrons. The molecule has 6 nitrogen and oxygen atoms in total. The molecule has 0 heterocycles. The lowest BCUT2D eigenvalue weighted by molar-refractivity contribution is -0.167. The van der Waals surface area contributed by atoms with Crippen LogP contribution in [0.25, 0.3) is 0 Å². The topological polar surface area (TPSA) is 78.9 Å². The highest BCUT2D eigenvalue weighted by molar-refractivity contribution is 5.71. The van der Waals surface area contributed by atoms with Crippen molar-refractivity contribution in [2.24, 2.45) is 0 Å². The van der Waals surface area contributed by atoms with Gasteiger partial charge in [0.25, 0.3) is 0 Å². The van der Waals surface area contributed by atoms with Crippen LogP contribution in [0.5, 0.6) is 0 Å². The van der Waals surface area contributed by atoms with Crippen molar-refractivity contribution in [1.29, 1.82) is 0 Å². The molecule has 0 saturated heterocycles. The summed E-state index contributed by atoms with van der Waals surface area (Å²) in [5, 5.41) is 0. The molecule has 82 heavy (non-hydrogen) atoms. The van der Waals surface area contributed by atoms with Gasteiger partial charge in [-0.15, -0.1) is 0 Å². The first-order valence-corrected chi connectivity index (χ1v) is 35.2. The number of carbonyl (C=O) groups excluding carboxylic acids is 3. The first kappa shape index (κ1) is 78.3. The lowest BCUT2D eigenvalue weighted by atomic mass is 10.0. The van der Waals surface area contributed by atoms with E-state index in [0.717, 1.165) is 109 Å². The third-order valence-corrected chi connectivity index (χ3v) is 15.3. The SMILES string of the molecule is CC/C=C\C/C=C\C/C=C\C/C=C\CCCCCCCCCCCCCCC(=O)OC(COC(=O)CCCCCCC/C=C\CCC)COC(=O)CCCCCCCCCCCCCCCC/C=C\C/C=C\C/C=C\CCCCCCC. The molecule has 0 amide bonds. The molecule has 6 heteroatoms. The maximum atomic E-state index is 12.9. The molecular formula is C76H132O6. The standard InChI is InChI=1S/C76H132O6/c1-4-7-10-13-16-19-22-24-26-28-30-32-34-36-37-38-39-41-42-44-46-48-50-52-54-57-60-63-66-69-75(78)81-72-73(71-80-74(77)68-65-62-59-56-21-18-15-12-9-6-3)82-76(79)70-67-64-61-58-55-53-51-49-47-45-43-40-35-33-31-29-27-25-23-20-17-14-11-8-5-2/h8,11-12,15,17,20,22,24-25,27-28,30-31,33-34,36,73H,4-7,9-10,13-14,16,18-19,21,23,26,29,32,35,37-72H2,1-3H3/b11-8-,15-12-,20-17-,24-22-,27-25-,30-28-,33-31-,36-34-. The summed E-state index contributed by atoms with van der Waals surface area (Å²) in [5.74, 6) is -0.879. The van der Waals surface area contributed by atoms with Gasteiger partial charge in [-0.25, -0.2) is 0 Å². The lowest BCUT2D eigenvalue weighted by Crippen LogP contribution is -2.30. The van der Waals surface area contributed by atoms with Crippen LogP contribution < -0.4 is 0 Å². The average molecular weight is 1140 g/mol. The van der Waals surface area contributed by atoms with Crippen LogP contribution in [0.4, 0.5) is 0 Å². The molecule has 0 aromatic rings. The van der Waals surface area contributed by atoms with Crippen molar-refractivity contribution >= 4 is 17.9 Å². The Morgan fingerprint density at radius 1 is 0.256 bits per heavy atom. The predicted octanol–water partition coefficient (Wildman–Crippen LogP) is 24.4.